The summed E-state index contributed by atoms with van der Waals surface area (Å²) >= 11 is 0. The van der Waals surface area contributed by atoms with Gasteiger partial charge in [-0.2, -0.15) is 0 Å². The molecule has 6 rings (SSSR count). The lowest BCUT2D eigenvalue weighted by molar-refractivity contribution is -0.134. The van der Waals surface area contributed by atoms with Crippen LogP contribution < -0.4 is 0 Å². The van der Waals surface area contributed by atoms with E-state index in [4.69, 9.17) is 0 Å². The van der Waals surface area contributed by atoms with E-state index >= 15 is 0 Å². The summed E-state index contributed by atoms with van der Waals surface area (Å²) in [7, 11) is 0. The Kier molecular flexibility index (Phi) is 4.69. The third-order valence-corrected chi connectivity index (χ3v) is 10.7. The topological polar surface area (TPSA) is 68.0 Å². The van der Waals surface area contributed by atoms with Gasteiger partial charge >= 0.3 is 0 Å². The van der Waals surface area contributed by atoms with E-state index in [1.54, 1.807) is 10.9 Å². The zero-order valence-electron chi connectivity index (χ0n) is 19.2. The van der Waals surface area contributed by atoms with Gasteiger partial charge in [-0.25, -0.2) is 4.68 Å². The summed E-state index contributed by atoms with van der Waals surface area (Å²) in [6.45, 7) is 4.93. The average molecular weight is 426 g/mol. The zero-order valence-corrected chi connectivity index (χ0v) is 19.2. The molecule has 0 unspecified atom stereocenters. The number of hydrogen-bond acceptors (Lipinski definition) is 4. The molecule has 1 heterocycles. The number of aliphatic hydroxyl groups is 1. The van der Waals surface area contributed by atoms with Crippen molar-refractivity contribution < 1.29 is 9.90 Å². The Balaban J connectivity index is 1.27. The van der Waals surface area contributed by atoms with Crippen LogP contribution >= 0.6 is 0 Å². The third kappa shape index (κ3) is 3.32. The van der Waals surface area contributed by atoms with Crippen molar-refractivity contribution in [1.29, 1.82) is 0 Å². The first kappa shape index (κ1) is 20.4. The molecule has 1 aromatic heterocycles. The predicted octanol–water partition coefficient (Wildman–Crippen LogP) is 4.50. The summed E-state index contributed by atoms with van der Waals surface area (Å²) in [5.41, 5.74) is -0.279. The van der Waals surface area contributed by atoms with Crippen molar-refractivity contribution in [2.24, 2.45) is 52.8 Å². The molecule has 170 valence electrons. The lowest BCUT2D eigenvalue weighted by Gasteiger charge is -2.57. The van der Waals surface area contributed by atoms with Crippen LogP contribution in [0.2, 0.25) is 0 Å². The highest BCUT2D eigenvalue weighted by Crippen LogP contribution is 2.69. The first-order chi connectivity index (χ1) is 14.9. The van der Waals surface area contributed by atoms with Crippen LogP contribution in [0.1, 0.15) is 78.1 Å². The molecule has 0 aliphatic heterocycles. The summed E-state index contributed by atoms with van der Waals surface area (Å²) in [4.78, 5) is 13.5. The van der Waals surface area contributed by atoms with E-state index in [-0.39, 0.29) is 11.3 Å². The van der Waals surface area contributed by atoms with Crippen molar-refractivity contribution in [2.75, 3.05) is 0 Å². The Hall–Kier alpha value is -1.23. The monoisotopic (exact) mass is 425 g/mol. The second-order valence-corrected chi connectivity index (χ2v) is 12.5. The minimum absolute atomic E-state index is 0.166. The number of fused-ring (bicyclic) bond motifs is 5. The minimum atomic E-state index is -0.444. The molecule has 5 heteroatoms. The molecule has 9 atom stereocenters. The van der Waals surface area contributed by atoms with Crippen LogP contribution in [0.15, 0.2) is 12.4 Å². The zero-order chi connectivity index (χ0) is 21.4. The second kappa shape index (κ2) is 7.13. The molecular formula is C26H39N3O2. The molecule has 1 N–H and O–H groups in total. The number of aromatic nitrogens is 3. The van der Waals surface area contributed by atoms with E-state index in [0.29, 0.717) is 12.3 Å². The van der Waals surface area contributed by atoms with Gasteiger partial charge < -0.3 is 5.11 Å². The highest BCUT2D eigenvalue weighted by Gasteiger charge is 2.63. The van der Waals surface area contributed by atoms with E-state index in [1.165, 1.54) is 44.9 Å². The van der Waals surface area contributed by atoms with Crippen LogP contribution in [0.5, 0.6) is 0 Å². The van der Waals surface area contributed by atoms with Gasteiger partial charge in [0.05, 0.1) is 11.8 Å². The summed E-state index contributed by atoms with van der Waals surface area (Å²) in [6.07, 6.45) is 15.7. The number of hydrogen-bond donors (Lipinski definition) is 1. The normalized spacial score (nSPS) is 49.2. The second-order valence-electron chi connectivity index (χ2n) is 12.5. The summed E-state index contributed by atoms with van der Waals surface area (Å²) in [5, 5.41) is 18.6. The molecule has 5 nitrogen and oxygen atoms in total. The van der Waals surface area contributed by atoms with Crippen LogP contribution in [-0.2, 0) is 11.3 Å². The fraction of sp³-hybridized carbons (Fsp3) is 0.885. The number of Topliss-reactive ketones (excluding diaryl/α,β-unsaturated/α-hetero) is 1. The van der Waals surface area contributed by atoms with Crippen molar-refractivity contribution in [3.05, 3.63) is 12.4 Å². The van der Waals surface area contributed by atoms with Crippen LogP contribution in [0, 0.1) is 52.8 Å². The molecule has 1 aromatic rings. The Labute approximate surface area is 186 Å². The van der Waals surface area contributed by atoms with Crippen molar-refractivity contribution in [3.8, 4) is 0 Å². The van der Waals surface area contributed by atoms with Crippen molar-refractivity contribution in [3.63, 3.8) is 0 Å². The Morgan fingerprint density at radius 1 is 1.00 bits per heavy atom. The van der Waals surface area contributed by atoms with Gasteiger partial charge in [-0.15, -0.1) is 5.10 Å². The van der Waals surface area contributed by atoms with Gasteiger partial charge in [0, 0.05) is 12.1 Å². The maximum absolute atomic E-state index is 13.5. The maximum atomic E-state index is 13.5. The van der Waals surface area contributed by atoms with Crippen LogP contribution in [0.25, 0.3) is 0 Å². The van der Waals surface area contributed by atoms with Gasteiger partial charge in [-0.3, -0.25) is 4.79 Å². The third-order valence-electron chi connectivity index (χ3n) is 10.7. The molecule has 31 heavy (non-hydrogen) atoms. The first-order valence-electron chi connectivity index (χ1n) is 12.9. The van der Waals surface area contributed by atoms with Crippen LogP contribution in [-0.4, -0.2) is 31.5 Å². The van der Waals surface area contributed by atoms with E-state index in [2.05, 4.69) is 24.2 Å². The summed E-state index contributed by atoms with van der Waals surface area (Å²) in [5.74, 6) is 6.11. The van der Waals surface area contributed by atoms with E-state index in [9.17, 15) is 9.90 Å². The van der Waals surface area contributed by atoms with Crippen molar-refractivity contribution >= 4 is 5.78 Å². The number of carbonyl (C=O) groups is 1. The average Bonchev–Trinajstić information content (AvgIpc) is 3.34. The quantitative estimate of drug-likeness (QED) is 0.771. The van der Waals surface area contributed by atoms with E-state index < -0.39 is 5.60 Å². The smallest absolute Gasteiger partial charge is 0.157 e. The number of carbonyl (C=O) groups excluding carboxylic acids is 1. The Morgan fingerprint density at radius 3 is 2.52 bits per heavy atom. The van der Waals surface area contributed by atoms with E-state index in [0.717, 1.165) is 60.7 Å². The fourth-order valence-corrected chi connectivity index (χ4v) is 9.35. The number of ketones is 1. The highest BCUT2D eigenvalue weighted by atomic mass is 16.3. The Bertz CT molecular complexity index is 832. The highest BCUT2D eigenvalue weighted by molar-refractivity contribution is 5.82. The molecule has 0 amide bonds. The molecular weight excluding hydrogens is 386 g/mol. The first-order valence-corrected chi connectivity index (χ1v) is 12.9. The van der Waals surface area contributed by atoms with Gasteiger partial charge in [-0.1, -0.05) is 12.1 Å². The summed E-state index contributed by atoms with van der Waals surface area (Å²) < 4.78 is 1.72. The van der Waals surface area contributed by atoms with Gasteiger partial charge in [0.15, 0.2) is 5.78 Å². The fourth-order valence-electron chi connectivity index (χ4n) is 9.35. The lowest BCUT2D eigenvalue weighted by atomic mass is 9.48. The Morgan fingerprint density at radius 2 is 1.77 bits per heavy atom. The molecule has 5 fully saturated rings. The molecule has 5 aliphatic rings. The summed E-state index contributed by atoms with van der Waals surface area (Å²) in [6, 6.07) is 0. The van der Waals surface area contributed by atoms with Crippen LogP contribution in [0.3, 0.4) is 0 Å². The SMILES string of the molecule is C[C@@]1(O)CC[C@H]2[C@H](CC[C@@H]3[C@@H]2CC[C@@]2(C)[C@H]3[C@H](C3CC3)C[C@@H]2C(=O)Cn2ccnn2)C1. The number of rotatable bonds is 4. The molecule has 5 aliphatic carbocycles. The number of nitrogens with zero attached hydrogens (tertiary/aromatic N) is 3. The van der Waals surface area contributed by atoms with Gasteiger partial charge in [0.25, 0.3) is 0 Å². The molecule has 5 saturated carbocycles. The molecule has 0 bridgehead atoms. The largest absolute Gasteiger partial charge is 0.390 e. The maximum Gasteiger partial charge on any atom is 0.157 e. The van der Waals surface area contributed by atoms with Gasteiger partial charge in [-0.05, 0) is 118 Å². The lowest BCUT2D eigenvalue weighted by Crippen LogP contribution is -2.52. The van der Waals surface area contributed by atoms with Crippen molar-refractivity contribution in [2.45, 2.75) is 90.2 Å². The molecule has 0 radical (unpaired) electrons. The molecule has 0 saturated heterocycles. The van der Waals surface area contributed by atoms with Crippen LogP contribution in [0.4, 0.5) is 0 Å². The minimum Gasteiger partial charge on any atom is -0.390 e. The molecule has 0 spiro atoms. The standard InChI is InChI=1S/C26H39N3O2/c1-25(31)9-7-18-17(14-25)5-6-20-19(18)8-10-26(2)22(13-21(24(20)26)16-3-4-16)23(30)15-29-12-11-27-28-29/h11-12,16-22,24,31H,3-10,13-15H2,1-2H3/t17-,18+,19-,20-,21+,22-,24-,25-,26-/m1/s1. The van der Waals surface area contributed by atoms with Gasteiger partial charge in [0.2, 0.25) is 0 Å². The van der Waals surface area contributed by atoms with Crippen molar-refractivity contribution in [1.82, 2.24) is 15.0 Å². The van der Waals surface area contributed by atoms with Gasteiger partial charge in [0.1, 0.15) is 6.54 Å². The molecule has 0 aromatic carbocycles. The predicted molar refractivity (Wildman–Crippen MR) is 118 cm³/mol. The van der Waals surface area contributed by atoms with E-state index in [1.807, 2.05) is 6.20 Å².